The van der Waals surface area contributed by atoms with Crippen molar-refractivity contribution in [1.29, 1.82) is 0 Å². The summed E-state index contributed by atoms with van der Waals surface area (Å²) in [7, 11) is 1.67. The fourth-order valence-corrected chi connectivity index (χ4v) is 2.95. The molecule has 100 valence electrons. The fourth-order valence-electron chi connectivity index (χ4n) is 2.05. The maximum Gasteiger partial charge on any atom is 0.208 e. The average Bonchev–Trinajstić information content (AvgIpc) is 2.98. The highest BCUT2D eigenvalue weighted by Crippen LogP contribution is 2.29. The van der Waals surface area contributed by atoms with Crippen LogP contribution in [0.25, 0.3) is 10.6 Å². The Balaban J connectivity index is 1.79. The molecule has 1 aliphatic rings. The first kappa shape index (κ1) is 12.4. The zero-order valence-corrected chi connectivity index (χ0v) is 11.6. The van der Waals surface area contributed by atoms with E-state index in [4.69, 9.17) is 4.74 Å². The molecular formula is C13H16N4OS. The van der Waals surface area contributed by atoms with Gasteiger partial charge in [0.2, 0.25) is 5.13 Å². The molecule has 2 aromatic rings. The van der Waals surface area contributed by atoms with Crippen molar-refractivity contribution in [2.45, 2.75) is 0 Å². The first-order chi connectivity index (χ1) is 9.36. The van der Waals surface area contributed by atoms with E-state index in [2.05, 4.69) is 20.4 Å². The third-order valence-corrected chi connectivity index (χ3v) is 4.17. The van der Waals surface area contributed by atoms with Crippen molar-refractivity contribution in [3.05, 3.63) is 24.3 Å². The van der Waals surface area contributed by atoms with E-state index in [9.17, 15) is 0 Å². The lowest BCUT2D eigenvalue weighted by molar-refractivity contribution is 0.415. The van der Waals surface area contributed by atoms with Gasteiger partial charge >= 0.3 is 0 Å². The summed E-state index contributed by atoms with van der Waals surface area (Å²) < 4.78 is 5.16. The third-order valence-electron chi connectivity index (χ3n) is 3.14. The SMILES string of the molecule is COc1ccc(-c2nnc(N3CCNCC3)s2)cc1. The highest BCUT2D eigenvalue weighted by Gasteiger charge is 2.15. The molecule has 19 heavy (non-hydrogen) atoms. The summed E-state index contributed by atoms with van der Waals surface area (Å²) in [5.41, 5.74) is 1.08. The van der Waals surface area contributed by atoms with Gasteiger partial charge < -0.3 is 15.0 Å². The van der Waals surface area contributed by atoms with E-state index in [1.165, 1.54) is 0 Å². The Hall–Kier alpha value is -1.66. The van der Waals surface area contributed by atoms with E-state index in [1.807, 2.05) is 24.3 Å². The summed E-state index contributed by atoms with van der Waals surface area (Å²) in [4.78, 5) is 2.28. The molecule has 3 rings (SSSR count). The number of ether oxygens (including phenoxy) is 1. The van der Waals surface area contributed by atoms with Gasteiger partial charge in [-0.1, -0.05) is 11.3 Å². The molecule has 1 N–H and O–H groups in total. The molecule has 0 saturated carbocycles. The Morgan fingerprint density at radius 3 is 2.58 bits per heavy atom. The molecule has 2 heterocycles. The van der Waals surface area contributed by atoms with Crippen molar-refractivity contribution in [2.75, 3.05) is 38.2 Å². The number of piperazine rings is 1. The van der Waals surface area contributed by atoms with E-state index >= 15 is 0 Å². The van der Waals surface area contributed by atoms with Crippen molar-refractivity contribution in [1.82, 2.24) is 15.5 Å². The van der Waals surface area contributed by atoms with E-state index in [0.29, 0.717) is 0 Å². The van der Waals surface area contributed by atoms with E-state index in [1.54, 1.807) is 18.4 Å². The lowest BCUT2D eigenvalue weighted by Crippen LogP contribution is -2.43. The van der Waals surface area contributed by atoms with Crippen molar-refractivity contribution in [3.63, 3.8) is 0 Å². The molecule has 1 aliphatic heterocycles. The molecule has 5 nitrogen and oxygen atoms in total. The van der Waals surface area contributed by atoms with Crippen LogP contribution in [0.15, 0.2) is 24.3 Å². The minimum atomic E-state index is 0.857. The molecule has 0 unspecified atom stereocenters. The number of hydrogen-bond acceptors (Lipinski definition) is 6. The van der Waals surface area contributed by atoms with Gasteiger partial charge in [0.1, 0.15) is 10.8 Å². The number of aromatic nitrogens is 2. The third kappa shape index (κ3) is 2.69. The number of nitrogens with zero attached hydrogens (tertiary/aromatic N) is 3. The van der Waals surface area contributed by atoms with Crippen LogP contribution in [-0.4, -0.2) is 43.5 Å². The first-order valence-corrected chi connectivity index (χ1v) is 7.12. The second-order valence-corrected chi connectivity index (χ2v) is 5.31. The molecule has 1 aromatic heterocycles. The van der Waals surface area contributed by atoms with Gasteiger partial charge in [-0.3, -0.25) is 0 Å². The van der Waals surface area contributed by atoms with Gasteiger partial charge in [0.25, 0.3) is 0 Å². The second-order valence-electron chi connectivity index (χ2n) is 4.36. The summed E-state index contributed by atoms with van der Waals surface area (Å²) in [6, 6.07) is 7.92. The van der Waals surface area contributed by atoms with Crippen LogP contribution >= 0.6 is 11.3 Å². The molecule has 0 radical (unpaired) electrons. The minimum absolute atomic E-state index is 0.857. The average molecular weight is 276 g/mol. The predicted octanol–water partition coefficient (Wildman–Crippen LogP) is 1.62. The molecule has 6 heteroatoms. The van der Waals surface area contributed by atoms with Crippen molar-refractivity contribution >= 4 is 16.5 Å². The highest BCUT2D eigenvalue weighted by atomic mass is 32.1. The Bertz CT molecular complexity index is 534. The largest absolute Gasteiger partial charge is 0.497 e. The van der Waals surface area contributed by atoms with Gasteiger partial charge in [0.15, 0.2) is 0 Å². The Morgan fingerprint density at radius 1 is 1.16 bits per heavy atom. The summed E-state index contributed by atoms with van der Waals surface area (Å²) in [5.74, 6) is 0.857. The lowest BCUT2D eigenvalue weighted by Gasteiger charge is -2.26. The van der Waals surface area contributed by atoms with E-state index in [-0.39, 0.29) is 0 Å². The lowest BCUT2D eigenvalue weighted by atomic mass is 10.2. The van der Waals surface area contributed by atoms with Crippen LogP contribution in [0.3, 0.4) is 0 Å². The number of methoxy groups -OCH3 is 1. The number of nitrogens with one attached hydrogen (secondary N) is 1. The standard InChI is InChI=1S/C13H16N4OS/c1-18-11-4-2-10(3-5-11)12-15-16-13(19-12)17-8-6-14-7-9-17/h2-5,14H,6-9H2,1H3. The molecule has 1 aromatic carbocycles. The quantitative estimate of drug-likeness (QED) is 0.923. The van der Waals surface area contributed by atoms with Crippen LogP contribution in [0.4, 0.5) is 5.13 Å². The summed E-state index contributed by atoms with van der Waals surface area (Å²) in [6.45, 7) is 4.02. The topological polar surface area (TPSA) is 50.3 Å². The monoisotopic (exact) mass is 276 g/mol. The van der Waals surface area contributed by atoms with Crippen molar-refractivity contribution in [3.8, 4) is 16.3 Å². The zero-order chi connectivity index (χ0) is 13.1. The van der Waals surface area contributed by atoms with Gasteiger partial charge in [-0.25, -0.2) is 0 Å². The van der Waals surface area contributed by atoms with Crippen LogP contribution in [0, 0.1) is 0 Å². The minimum Gasteiger partial charge on any atom is -0.497 e. The van der Waals surface area contributed by atoms with Crippen molar-refractivity contribution < 1.29 is 4.74 Å². The second kappa shape index (κ2) is 5.54. The molecule has 0 bridgehead atoms. The summed E-state index contributed by atoms with van der Waals surface area (Å²) in [6.07, 6.45) is 0. The van der Waals surface area contributed by atoms with E-state index < -0.39 is 0 Å². The number of hydrogen-bond donors (Lipinski definition) is 1. The van der Waals surface area contributed by atoms with Crippen LogP contribution in [0.2, 0.25) is 0 Å². The Kier molecular flexibility index (Phi) is 3.61. The van der Waals surface area contributed by atoms with Gasteiger partial charge in [-0.15, -0.1) is 10.2 Å². The van der Waals surface area contributed by atoms with E-state index in [0.717, 1.165) is 47.6 Å². The molecule has 1 fully saturated rings. The van der Waals surface area contributed by atoms with Crippen LogP contribution in [0.5, 0.6) is 5.75 Å². The van der Waals surface area contributed by atoms with Crippen molar-refractivity contribution in [2.24, 2.45) is 0 Å². The normalized spacial score (nSPS) is 15.5. The smallest absolute Gasteiger partial charge is 0.208 e. The fraction of sp³-hybridized carbons (Fsp3) is 0.385. The maximum absolute atomic E-state index is 5.16. The maximum atomic E-state index is 5.16. The molecule has 0 amide bonds. The molecule has 0 atom stereocenters. The Morgan fingerprint density at radius 2 is 1.89 bits per heavy atom. The molecule has 0 spiro atoms. The van der Waals surface area contributed by atoms with Crippen LogP contribution < -0.4 is 15.0 Å². The zero-order valence-electron chi connectivity index (χ0n) is 10.8. The molecular weight excluding hydrogens is 260 g/mol. The number of rotatable bonds is 3. The van der Waals surface area contributed by atoms with Gasteiger partial charge in [0.05, 0.1) is 7.11 Å². The van der Waals surface area contributed by atoms with Gasteiger partial charge in [-0.05, 0) is 24.3 Å². The number of anilines is 1. The molecule has 1 saturated heterocycles. The molecule has 0 aliphatic carbocycles. The Labute approximate surface area is 116 Å². The first-order valence-electron chi connectivity index (χ1n) is 6.30. The number of benzene rings is 1. The summed E-state index contributed by atoms with van der Waals surface area (Å²) >= 11 is 1.64. The predicted molar refractivity (Wildman–Crippen MR) is 77.0 cm³/mol. The van der Waals surface area contributed by atoms with Gasteiger partial charge in [-0.2, -0.15) is 0 Å². The van der Waals surface area contributed by atoms with Crippen LogP contribution in [-0.2, 0) is 0 Å². The van der Waals surface area contributed by atoms with Gasteiger partial charge in [0, 0.05) is 31.7 Å². The summed E-state index contributed by atoms with van der Waals surface area (Å²) in [5, 5.41) is 13.9. The highest BCUT2D eigenvalue weighted by molar-refractivity contribution is 7.18. The van der Waals surface area contributed by atoms with Crippen LogP contribution in [0.1, 0.15) is 0 Å².